The molecule has 0 bridgehead atoms. The maximum absolute atomic E-state index is 14.1. The van der Waals surface area contributed by atoms with Crippen LogP contribution < -0.4 is 4.74 Å². The van der Waals surface area contributed by atoms with Crippen molar-refractivity contribution < 1.29 is 14.2 Å². The van der Waals surface area contributed by atoms with Crippen LogP contribution in [-0.4, -0.2) is 21.8 Å². The van der Waals surface area contributed by atoms with Crippen LogP contribution in [0, 0.1) is 5.82 Å². The molecule has 0 amide bonds. The molecule has 0 aliphatic heterocycles. The number of aromatic nitrogens is 2. The van der Waals surface area contributed by atoms with Gasteiger partial charge in [-0.3, -0.25) is 0 Å². The highest BCUT2D eigenvalue weighted by Gasteiger charge is 2.17. The minimum absolute atomic E-state index is 0.166. The minimum atomic E-state index is -0.827. The number of pyridine rings is 1. The zero-order chi connectivity index (χ0) is 14.8. The number of fused-ring (bicyclic) bond motifs is 1. The van der Waals surface area contributed by atoms with Crippen molar-refractivity contribution in [2.24, 2.45) is 0 Å². The number of rotatable bonds is 4. The first-order chi connectivity index (χ1) is 10.2. The van der Waals surface area contributed by atoms with Crippen LogP contribution in [-0.2, 0) is 6.42 Å². The predicted molar refractivity (Wildman–Crippen MR) is 76.8 cm³/mol. The van der Waals surface area contributed by atoms with Gasteiger partial charge in [-0.1, -0.05) is 18.2 Å². The van der Waals surface area contributed by atoms with E-state index in [1.807, 2.05) is 18.2 Å². The van der Waals surface area contributed by atoms with Gasteiger partial charge >= 0.3 is 0 Å². The Morgan fingerprint density at radius 3 is 2.95 bits per heavy atom. The van der Waals surface area contributed by atoms with E-state index in [4.69, 9.17) is 4.74 Å². The standard InChI is InChI=1S/C16H15FN2O2/c1-21-15-7-4-5-11(16(15)17)9-14(20)12-10-18-19-8-3-2-6-13(12)19/h2-8,10,14,20H,9H2,1H3. The number of nitrogens with zero attached hydrogens (tertiary/aromatic N) is 2. The number of benzene rings is 1. The number of ether oxygens (including phenoxy) is 1. The highest BCUT2D eigenvalue weighted by atomic mass is 19.1. The lowest BCUT2D eigenvalue weighted by Crippen LogP contribution is -2.04. The average molecular weight is 286 g/mol. The van der Waals surface area contributed by atoms with Crippen LogP contribution in [0.25, 0.3) is 5.52 Å². The molecule has 0 aliphatic carbocycles. The predicted octanol–water partition coefficient (Wildman–Crippen LogP) is 2.76. The van der Waals surface area contributed by atoms with Crippen molar-refractivity contribution in [2.45, 2.75) is 12.5 Å². The number of aliphatic hydroxyl groups is 1. The van der Waals surface area contributed by atoms with Gasteiger partial charge in [-0.25, -0.2) is 8.91 Å². The molecule has 2 heterocycles. The van der Waals surface area contributed by atoms with Gasteiger partial charge in [-0.15, -0.1) is 0 Å². The van der Waals surface area contributed by atoms with Gasteiger partial charge in [0.1, 0.15) is 0 Å². The summed E-state index contributed by atoms with van der Waals surface area (Å²) in [6.07, 6.45) is 2.75. The molecule has 0 saturated carbocycles. The van der Waals surface area contributed by atoms with E-state index >= 15 is 0 Å². The van der Waals surface area contributed by atoms with Crippen molar-refractivity contribution >= 4 is 5.52 Å². The van der Waals surface area contributed by atoms with Gasteiger partial charge in [0.05, 0.1) is 24.9 Å². The molecule has 5 heteroatoms. The van der Waals surface area contributed by atoms with E-state index in [0.29, 0.717) is 11.1 Å². The largest absolute Gasteiger partial charge is 0.494 e. The van der Waals surface area contributed by atoms with Crippen molar-refractivity contribution in [2.75, 3.05) is 7.11 Å². The van der Waals surface area contributed by atoms with E-state index in [-0.39, 0.29) is 12.2 Å². The zero-order valence-electron chi connectivity index (χ0n) is 11.5. The van der Waals surface area contributed by atoms with Gasteiger partial charge in [-0.2, -0.15) is 5.10 Å². The molecule has 2 aromatic heterocycles. The van der Waals surface area contributed by atoms with Gasteiger partial charge in [-0.05, 0) is 23.8 Å². The van der Waals surface area contributed by atoms with Crippen LogP contribution in [0.2, 0.25) is 0 Å². The van der Waals surface area contributed by atoms with Crippen molar-refractivity contribution in [1.29, 1.82) is 0 Å². The molecule has 108 valence electrons. The zero-order valence-corrected chi connectivity index (χ0v) is 11.5. The lowest BCUT2D eigenvalue weighted by Gasteiger charge is -2.12. The number of methoxy groups -OCH3 is 1. The highest BCUT2D eigenvalue weighted by molar-refractivity contribution is 5.54. The molecule has 1 atom stereocenters. The van der Waals surface area contributed by atoms with Crippen LogP contribution in [0.5, 0.6) is 5.75 Å². The molecule has 4 nitrogen and oxygen atoms in total. The van der Waals surface area contributed by atoms with Gasteiger partial charge in [0.15, 0.2) is 11.6 Å². The van der Waals surface area contributed by atoms with Gasteiger partial charge in [0, 0.05) is 18.2 Å². The summed E-state index contributed by atoms with van der Waals surface area (Å²) in [7, 11) is 1.42. The third-order valence-corrected chi connectivity index (χ3v) is 3.49. The molecular formula is C16H15FN2O2. The summed E-state index contributed by atoms with van der Waals surface area (Å²) < 4.78 is 20.8. The summed E-state index contributed by atoms with van der Waals surface area (Å²) in [4.78, 5) is 0. The van der Waals surface area contributed by atoms with Gasteiger partial charge < -0.3 is 9.84 Å². The Kier molecular flexibility index (Phi) is 3.58. The summed E-state index contributed by atoms with van der Waals surface area (Å²) in [6.45, 7) is 0. The number of hydrogen-bond donors (Lipinski definition) is 1. The lowest BCUT2D eigenvalue weighted by molar-refractivity contribution is 0.178. The van der Waals surface area contributed by atoms with E-state index in [2.05, 4.69) is 5.10 Å². The van der Waals surface area contributed by atoms with Crippen LogP contribution >= 0.6 is 0 Å². The van der Waals surface area contributed by atoms with Crippen molar-refractivity contribution in [3.05, 3.63) is 65.7 Å². The van der Waals surface area contributed by atoms with E-state index in [0.717, 1.165) is 5.52 Å². The molecule has 0 spiro atoms. The summed E-state index contributed by atoms with van der Waals surface area (Å²) in [5, 5.41) is 14.6. The second kappa shape index (κ2) is 5.54. The third kappa shape index (κ3) is 2.48. The quantitative estimate of drug-likeness (QED) is 0.802. The molecule has 0 radical (unpaired) electrons. The molecule has 3 rings (SSSR count). The van der Waals surface area contributed by atoms with Crippen molar-refractivity contribution in [3.63, 3.8) is 0 Å². The molecule has 21 heavy (non-hydrogen) atoms. The lowest BCUT2D eigenvalue weighted by atomic mass is 10.0. The Morgan fingerprint density at radius 2 is 2.14 bits per heavy atom. The fraction of sp³-hybridized carbons (Fsp3) is 0.188. The average Bonchev–Trinajstić information content (AvgIpc) is 2.93. The highest BCUT2D eigenvalue weighted by Crippen LogP contribution is 2.26. The summed E-state index contributed by atoms with van der Waals surface area (Å²) in [5.74, 6) is -0.255. The SMILES string of the molecule is COc1cccc(CC(O)c2cnn3ccccc23)c1F. The molecule has 1 N–H and O–H groups in total. The van der Waals surface area contributed by atoms with Crippen LogP contribution in [0.3, 0.4) is 0 Å². The Morgan fingerprint density at radius 1 is 1.29 bits per heavy atom. The van der Waals surface area contributed by atoms with E-state index in [1.54, 1.807) is 35.1 Å². The van der Waals surface area contributed by atoms with Gasteiger partial charge in [0.25, 0.3) is 0 Å². The first-order valence-corrected chi connectivity index (χ1v) is 6.62. The number of halogens is 1. The Balaban J connectivity index is 1.91. The van der Waals surface area contributed by atoms with Crippen molar-refractivity contribution in [1.82, 2.24) is 9.61 Å². The van der Waals surface area contributed by atoms with E-state index in [1.165, 1.54) is 7.11 Å². The van der Waals surface area contributed by atoms with Crippen LogP contribution in [0.4, 0.5) is 4.39 Å². The molecule has 1 aromatic carbocycles. The molecule has 0 aliphatic rings. The maximum Gasteiger partial charge on any atom is 0.168 e. The Hall–Kier alpha value is -2.40. The first kappa shape index (κ1) is 13.6. The van der Waals surface area contributed by atoms with Crippen LogP contribution in [0.15, 0.2) is 48.8 Å². The monoisotopic (exact) mass is 286 g/mol. The summed E-state index contributed by atoms with van der Waals surface area (Å²) in [5.41, 5.74) is 1.91. The molecule has 0 fully saturated rings. The minimum Gasteiger partial charge on any atom is -0.494 e. The maximum atomic E-state index is 14.1. The number of aliphatic hydroxyl groups excluding tert-OH is 1. The van der Waals surface area contributed by atoms with Crippen LogP contribution in [0.1, 0.15) is 17.2 Å². The Bertz CT molecular complexity index is 770. The second-order valence-electron chi connectivity index (χ2n) is 4.78. The molecule has 0 saturated heterocycles. The molecule has 3 aromatic rings. The fourth-order valence-electron chi connectivity index (χ4n) is 2.40. The smallest absolute Gasteiger partial charge is 0.168 e. The number of hydrogen-bond acceptors (Lipinski definition) is 3. The van der Waals surface area contributed by atoms with E-state index in [9.17, 15) is 9.50 Å². The normalized spacial score (nSPS) is 12.5. The fourth-order valence-corrected chi connectivity index (χ4v) is 2.40. The van der Waals surface area contributed by atoms with E-state index < -0.39 is 11.9 Å². The Labute approximate surface area is 121 Å². The summed E-state index contributed by atoms with van der Waals surface area (Å²) in [6, 6.07) is 10.5. The third-order valence-electron chi connectivity index (χ3n) is 3.49. The topological polar surface area (TPSA) is 46.8 Å². The second-order valence-corrected chi connectivity index (χ2v) is 4.78. The van der Waals surface area contributed by atoms with Crippen molar-refractivity contribution in [3.8, 4) is 5.75 Å². The molecular weight excluding hydrogens is 271 g/mol. The van der Waals surface area contributed by atoms with Gasteiger partial charge in [0.2, 0.25) is 0 Å². The summed E-state index contributed by atoms with van der Waals surface area (Å²) >= 11 is 0. The first-order valence-electron chi connectivity index (χ1n) is 6.62. The molecule has 1 unspecified atom stereocenters.